The summed E-state index contributed by atoms with van der Waals surface area (Å²) in [5, 5.41) is 17.1. The Bertz CT molecular complexity index is 637. The summed E-state index contributed by atoms with van der Waals surface area (Å²) in [6.45, 7) is 6.77. The molecule has 0 spiro atoms. The number of likely N-dealkylation sites (tertiary alicyclic amines) is 1. The first-order valence-electron chi connectivity index (χ1n) is 11.4. The van der Waals surface area contributed by atoms with E-state index < -0.39 is 0 Å². The molecule has 1 aromatic rings. The highest BCUT2D eigenvalue weighted by atomic mass is 127. The summed E-state index contributed by atoms with van der Waals surface area (Å²) in [6.07, 6.45) is 12.9. The Morgan fingerprint density at radius 1 is 1.17 bits per heavy atom. The summed E-state index contributed by atoms with van der Waals surface area (Å²) < 4.78 is 2.41. The fraction of sp³-hybridized carbons (Fsp3) is 0.857. The maximum Gasteiger partial charge on any atom is 0.191 e. The lowest BCUT2D eigenvalue weighted by molar-refractivity contribution is 0.206. The molecule has 9 heteroatoms. The van der Waals surface area contributed by atoms with Crippen molar-refractivity contribution < 1.29 is 0 Å². The number of hydrogen-bond acceptors (Lipinski definition) is 5. The number of halogens is 1. The molecular weight excluding hydrogens is 509 g/mol. The number of nitrogens with zero attached hydrogens (tertiary/aromatic N) is 5. The standard InChI is InChI=1S/C21H39N7S.HI/c1-4-14-27-15-11-17(12-16-27)24-20(22-2)23-13-7-10-19-25-26-21(29-3)28(19)18-8-5-6-9-18;/h17-18H,4-16H2,1-3H3,(H2,22,23,24);1H. The monoisotopic (exact) mass is 549 g/mol. The normalized spacial score (nSPS) is 19.1. The van der Waals surface area contributed by atoms with Crippen LogP contribution in [-0.2, 0) is 6.42 Å². The Labute approximate surface area is 203 Å². The van der Waals surface area contributed by atoms with E-state index >= 15 is 0 Å². The Hall–Kier alpha value is -0.550. The molecule has 1 aliphatic carbocycles. The molecule has 2 heterocycles. The molecular formula is C21H40IN7S. The number of aromatic nitrogens is 3. The molecule has 2 aliphatic rings. The third kappa shape index (κ3) is 7.25. The molecule has 0 amide bonds. The van der Waals surface area contributed by atoms with Crippen molar-refractivity contribution in [2.75, 3.05) is 39.5 Å². The average Bonchev–Trinajstić information content (AvgIpc) is 3.41. The van der Waals surface area contributed by atoms with Crippen molar-refractivity contribution in [3.05, 3.63) is 5.82 Å². The van der Waals surface area contributed by atoms with Crippen molar-refractivity contribution in [3.8, 4) is 0 Å². The van der Waals surface area contributed by atoms with Crippen LogP contribution in [-0.4, -0.2) is 71.1 Å². The number of hydrogen-bond donors (Lipinski definition) is 2. The molecule has 0 unspecified atom stereocenters. The first kappa shape index (κ1) is 25.7. The van der Waals surface area contributed by atoms with Crippen LogP contribution in [0.15, 0.2) is 10.1 Å². The smallest absolute Gasteiger partial charge is 0.191 e. The van der Waals surface area contributed by atoms with Crippen LogP contribution >= 0.6 is 35.7 Å². The molecule has 1 aromatic heterocycles. The van der Waals surface area contributed by atoms with E-state index in [1.54, 1.807) is 11.8 Å². The van der Waals surface area contributed by atoms with Crippen molar-refractivity contribution >= 4 is 41.7 Å². The van der Waals surface area contributed by atoms with E-state index in [0.717, 1.165) is 36.3 Å². The van der Waals surface area contributed by atoms with Crippen molar-refractivity contribution in [1.82, 2.24) is 30.3 Å². The molecule has 30 heavy (non-hydrogen) atoms. The van der Waals surface area contributed by atoms with E-state index in [4.69, 9.17) is 0 Å². The first-order chi connectivity index (χ1) is 14.2. The number of rotatable bonds is 9. The van der Waals surface area contributed by atoms with Crippen LogP contribution in [0.25, 0.3) is 0 Å². The van der Waals surface area contributed by atoms with Gasteiger partial charge in [-0.05, 0) is 51.3 Å². The largest absolute Gasteiger partial charge is 0.356 e. The van der Waals surface area contributed by atoms with Gasteiger partial charge in [-0.3, -0.25) is 4.99 Å². The van der Waals surface area contributed by atoms with Gasteiger partial charge in [-0.1, -0.05) is 31.5 Å². The number of aliphatic imine (C=N–C) groups is 1. The lowest BCUT2D eigenvalue weighted by Gasteiger charge is -2.32. The fourth-order valence-corrected chi connectivity index (χ4v) is 5.18. The zero-order valence-electron chi connectivity index (χ0n) is 18.9. The van der Waals surface area contributed by atoms with Crippen LogP contribution in [0.2, 0.25) is 0 Å². The van der Waals surface area contributed by atoms with Gasteiger partial charge in [-0.2, -0.15) is 0 Å². The van der Waals surface area contributed by atoms with Gasteiger partial charge in [-0.25, -0.2) is 0 Å². The maximum absolute atomic E-state index is 4.50. The first-order valence-corrected chi connectivity index (χ1v) is 12.6. The average molecular weight is 550 g/mol. The lowest BCUT2D eigenvalue weighted by Crippen LogP contribution is -2.48. The van der Waals surface area contributed by atoms with Crippen LogP contribution < -0.4 is 10.6 Å². The van der Waals surface area contributed by atoms with Crippen molar-refractivity contribution in [2.45, 2.75) is 82.0 Å². The molecule has 1 aliphatic heterocycles. The Morgan fingerprint density at radius 2 is 1.90 bits per heavy atom. The van der Waals surface area contributed by atoms with E-state index in [2.05, 4.69) is 48.5 Å². The molecule has 3 rings (SSSR count). The van der Waals surface area contributed by atoms with E-state index in [-0.39, 0.29) is 24.0 Å². The van der Waals surface area contributed by atoms with Gasteiger partial charge in [-0.15, -0.1) is 34.2 Å². The highest BCUT2D eigenvalue weighted by molar-refractivity contribution is 14.0. The third-order valence-electron chi connectivity index (χ3n) is 6.17. The van der Waals surface area contributed by atoms with Crippen LogP contribution in [0.1, 0.15) is 70.2 Å². The highest BCUT2D eigenvalue weighted by Crippen LogP contribution is 2.33. The van der Waals surface area contributed by atoms with Gasteiger partial charge < -0.3 is 20.1 Å². The maximum atomic E-state index is 4.50. The van der Waals surface area contributed by atoms with Crippen LogP contribution in [0.3, 0.4) is 0 Å². The summed E-state index contributed by atoms with van der Waals surface area (Å²) in [5.74, 6) is 2.08. The summed E-state index contributed by atoms with van der Waals surface area (Å²) in [5.41, 5.74) is 0. The van der Waals surface area contributed by atoms with Gasteiger partial charge in [0.05, 0.1) is 0 Å². The second-order valence-corrected chi connectivity index (χ2v) is 9.05. The molecule has 0 aromatic carbocycles. The van der Waals surface area contributed by atoms with Crippen molar-refractivity contribution in [3.63, 3.8) is 0 Å². The van der Waals surface area contributed by atoms with Gasteiger partial charge in [0.15, 0.2) is 11.1 Å². The minimum atomic E-state index is 0. The van der Waals surface area contributed by atoms with E-state index in [0.29, 0.717) is 12.1 Å². The van der Waals surface area contributed by atoms with E-state index in [1.165, 1.54) is 64.6 Å². The molecule has 1 saturated carbocycles. The van der Waals surface area contributed by atoms with Crippen LogP contribution in [0.5, 0.6) is 0 Å². The molecule has 1 saturated heterocycles. The molecule has 0 atom stereocenters. The number of nitrogens with one attached hydrogen (secondary N) is 2. The molecule has 2 fully saturated rings. The topological polar surface area (TPSA) is 70.4 Å². The zero-order valence-corrected chi connectivity index (χ0v) is 22.0. The third-order valence-corrected chi connectivity index (χ3v) is 6.81. The van der Waals surface area contributed by atoms with Crippen molar-refractivity contribution in [1.29, 1.82) is 0 Å². The Kier molecular flexibility index (Phi) is 11.8. The van der Waals surface area contributed by atoms with E-state index in [9.17, 15) is 0 Å². The minimum Gasteiger partial charge on any atom is -0.356 e. The SMILES string of the molecule is CCCN1CCC(NC(=NC)NCCCc2nnc(SC)n2C2CCCC2)CC1.I. The molecule has 0 radical (unpaired) electrons. The summed E-state index contributed by atoms with van der Waals surface area (Å²) >= 11 is 1.71. The second kappa shape index (κ2) is 13.8. The number of thioether (sulfide) groups is 1. The quantitative estimate of drug-likeness (QED) is 0.161. The zero-order chi connectivity index (χ0) is 20.5. The lowest BCUT2D eigenvalue weighted by atomic mass is 10.1. The molecule has 7 nitrogen and oxygen atoms in total. The van der Waals surface area contributed by atoms with Gasteiger partial charge in [0.1, 0.15) is 5.82 Å². The second-order valence-electron chi connectivity index (χ2n) is 8.27. The molecule has 0 bridgehead atoms. The molecule has 172 valence electrons. The molecule has 2 N–H and O–H groups in total. The summed E-state index contributed by atoms with van der Waals surface area (Å²) in [4.78, 5) is 6.99. The van der Waals surface area contributed by atoms with Gasteiger partial charge in [0.2, 0.25) is 0 Å². The van der Waals surface area contributed by atoms with Gasteiger partial charge in [0, 0.05) is 45.2 Å². The highest BCUT2D eigenvalue weighted by Gasteiger charge is 2.23. The van der Waals surface area contributed by atoms with Crippen LogP contribution in [0, 0.1) is 0 Å². The minimum absolute atomic E-state index is 0. The summed E-state index contributed by atoms with van der Waals surface area (Å²) in [7, 11) is 1.86. The van der Waals surface area contributed by atoms with Crippen molar-refractivity contribution in [2.24, 2.45) is 4.99 Å². The fourth-order valence-electron chi connectivity index (χ4n) is 4.60. The Morgan fingerprint density at radius 3 is 2.53 bits per heavy atom. The van der Waals surface area contributed by atoms with Gasteiger partial charge in [0.25, 0.3) is 0 Å². The number of guanidine groups is 1. The predicted molar refractivity (Wildman–Crippen MR) is 137 cm³/mol. The number of piperidine rings is 1. The van der Waals surface area contributed by atoms with Gasteiger partial charge >= 0.3 is 0 Å². The Balaban J connectivity index is 0.00000320. The predicted octanol–water partition coefficient (Wildman–Crippen LogP) is 3.71. The van der Waals surface area contributed by atoms with E-state index in [1.807, 2.05) is 7.05 Å². The number of aryl methyl sites for hydroxylation is 1. The summed E-state index contributed by atoms with van der Waals surface area (Å²) in [6, 6.07) is 1.13. The van der Waals surface area contributed by atoms with Crippen LogP contribution in [0.4, 0.5) is 0 Å².